The molecule has 1 heterocycles. The van der Waals surface area contributed by atoms with Crippen LogP contribution in [-0.4, -0.2) is 94.0 Å². The molecular formula is C75H91N7O11S. The van der Waals surface area contributed by atoms with E-state index < -0.39 is 70.0 Å². The normalized spacial score (nSPS) is 13.6. The topological polar surface area (TPSA) is 252 Å². The molecule has 0 saturated carbocycles. The number of sulfonamides is 1. The van der Waals surface area contributed by atoms with Gasteiger partial charge >= 0.3 is 5.97 Å². The summed E-state index contributed by atoms with van der Waals surface area (Å²) < 4.78 is 55.7. The van der Waals surface area contributed by atoms with Crippen molar-refractivity contribution in [3.05, 3.63) is 179 Å². The zero-order valence-corrected chi connectivity index (χ0v) is 56.2. The quantitative estimate of drug-likeness (QED) is 0.00705. The van der Waals surface area contributed by atoms with E-state index in [1.807, 2.05) is 151 Å². The molecule has 0 fully saturated rings. The van der Waals surface area contributed by atoms with E-state index in [9.17, 15) is 32.4 Å². The lowest BCUT2D eigenvalue weighted by molar-refractivity contribution is -0.149. The van der Waals surface area contributed by atoms with E-state index in [-0.39, 0.29) is 55.1 Å². The molecule has 1 aliphatic heterocycles. The third-order valence-electron chi connectivity index (χ3n) is 16.7. The summed E-state index contributed by atoms with van der Waals surface area (Å²) in [6.45, 7) is 19.1. The number of benzene rings is 7. The summed E-state index contributed by atoms with van der Waals surface area (Å²) in [6.07, 6.45) is 5.59. The molecule has 94 heavy (non-hydrogen) atoms. The molecule has 0 spiro atoms. The van der Waals surface area contributed by atoms with Crippen LogP contribution in [0.3, 0.4) is 0 Å². The Balaban J connectivity index is 1.02. The van der Waals surface area contributed by atoms with Gasteiger partial charge in [0.05, 0.1) is 11.5 Å². The Morgan fingerprint density at radius 3 is 1.84 bits per heavy atom. The highest BCUT2D eigenvalue weighted by molar-refractivity contribution is 7.90. The largest absolute Gasteiger partial charge is 0.493 e. The molecular weight excluding hydrogens is 1210 g/mol. The third kappa shape index (κ3) is 19.4. The number of carbonyl (C=O) groups excluding carboxylic acids is 5. The second-order valence-electron chi connectivity index (χ2n) is 25.9. The molecule has 7 aromatic carbocycles. The van der Waals surface area contributed by atoms with Crippen LogP contribution >= 0.6 is 0 Å². The predicted molar refractivity (Wildman–Crippen MR) is 369 cm³/mol. The second kappa shape index (κ2) is 32.6. The average Bonchev–Trinajstić information content (AvgIpc) is 0.758. The molecule has 3 atom stereocenters. The fourth-order valence-electron chi connectivity index (χ4n) is 11.8. The fraction of sp³-hybridized carbons (Fsp3) is 0.387. The molecule has 7 N–H and O–H groups in total. The molecule has 7 aromatic rings. The van der Waals surface area contributed by atoms with Crippen molar-refractivity contribution in [1.82, 2.24) is 31.3 Å². The Bertz CT molecular complexity index is 3960. The van der Waals surface area contributed by atoms with Gasteiger partial charge in [-0.05, 0) is 171 Å². The number of guanidine groups is 1. The predicted octanol–water partition coefficient (Wildman–Crippen LogP) is 11.9. The monoisotopic (exact) mass is 1300 g/mol. The smallest absolute Gasteiger partial charge is 0.329 e. The van der Waals surface area contributed by atoms with Gasteiger partial charge < -0.3 is 45.5 Å². The SMILES string of the molecule is C=CC[C@H](NC(=O)[C@@H](CCCNC(=N)NS(=O)(=O)c1c(C)c(C)c2c(c1C)CCC(C)(C)O2)NC(=O)[C@@H](CCCCNC(=O)CC(C)(C)C)NC(=O)COc1ccc2ccccc2c1-c1c(OCCCc2ccccc2)ccc2ccccc12)C(=O)OCc1ccccc1. The fourth-order valence-corrected chi connectivity index (χ4v) is 13.3. The summed E-state index contributed by atoms with van der Waals surface area (Å²) in [7, 11) is -4.28. The van der Waals surface area contributed by atoms with Crippen LogP contribution < -0.4 is 45.5 Å². The summed E-state index contributed by atoms with van der Waals surface area (Å²) in [5, 5.41) is 26.7. The highest BCUT2D eigenvalue weighted by Crippen LogP contribution is 2.46. The van der Waals surface area contributed by atoms with Gasteiger partial charge in [0.1, 0.15) is 47.6 Å². The Morgan fingerprint density at radius 1 is 0.649 bits per heavy atom. The minimum Gasteiger partial charge on any atom is -0.493 e. The molecule has 1 aliphatic rings. The van der Waals surface area contributed by atoms with E-state index in [1.54, 1.807) is 26.0 Å². The zero-order valence-electron chi connectivity index (χ0n) is 55.4. The van der Waals surface area contributed by atoms with Crippen molar-refractivity contribution in [3.8, 4) is 28.4 Å². The van der Waals surface area contributed by atoms with Gasteiger partial charge in [-0.25, -0.2) is 17.9 Å². The lowest BCUT2D eigenvalue weighted by atomic mass is 9.88. The van der Waals surface area contributed by atoms with Gasteiger partial charge in [-0.1, -0.05) is 148 Å². The summed E-state index contributed by atoms with van der Waals surface area (Å²) in [5.41, 5.74) is 5.35. The van der Waals surface area contributed by atoms with Crippen LogP contribution in [0.25, 0.3) is 32.7 Å². The molecule has 18 nitrogen and oxygen atoms in total. The van der Waals surface area contributed by atoms with Crippen LogP contribution in [0.4, 0.5) is 0 Å². The molecule has 0 aliphatic carbocycles. The van der Waals surface area contributed by atoms with Crippen LogP contribution in [0.1, 0.15) is 126 Å². The number of rotatable bonds is 31. The zero-order chi connectivity index (χ0) is 67.6. The van der Waals surface area contributed by atoms with E-state index in [2.05, 4.69) is 50.0 Å². The van der Waals surface area contributed by atoms with E-state index in [1.165, 1.54) is 11.6 Å². The van der Waals surface area contributed by atoms with Crippen LogP contribution in [0.15, 0.2) is 151 Å². The van der Waals surface area contributed by atoms with Crippen molar-refractivity contribution < 1.29 is 51.3 Å². The Hall–Kier alpha value is -9.23. The highest BCUT2D eigenvalue weighted by Gasteiger charge is 2.35. The Kier molecular flexibility index (Phi) is 24.5. The maximum atomic E-state index is 14.9. The number of aryl methyl sites for hydroxylation is 1. The van der Waals surface area contributed by atoms with Crippen molar-refractivity contribution in [2.45, 2.75) is 161 Å². The van der Waals surface area contributed by atoms with Crippen molar-refractivity contribution in [3.63, 3.8) is 0 Å². The number of amides is 4. The first-order valence-electron chi connectivity index (χ1n) is 32.4. The molecule has 0 aromatic heterocycles. The number of unbranched alkanes of at least 4 members (excludes halogenated alkanes) is 1. The lowest BCUT2D eigenvalue weighted by Gasteiger charge is -2.35. The molecule has 498 valence electrons. The Labute approximate surface area is 553 Å². The second-order valence-corrected chi connectivity index (χ2v) is 27.5. The maximum Gasteiger partial charge on any atom is 0.329 e. The average molecular weight is 1300 g/mol. The third-order valence-corrected chi connectivity index (χ3v) is 18.3. The maximum absolute atomic E-state index is 14.9. The minimum absolute atomic E-state index is 0.0138. The van der Waals surface area contributed by atoms with Crippen LogP contribution in [0, 0.1) is 31.6 Å². The van der Waals surface area contributed by atoms with E-state index in [0.717, 1.165) is 51.1 Å². The van der Waals surface area contributed by atoms with Crippen molar-refractivity contribution >= 4 is 67.1 Å². The summed E-state index contributed by atoms with van der Waals surface area (Å²) in [6, 6.07) is 39.1. The first-order chi connectivity index (χ1) is 44.9. The van der Waals surface area contributed by atoms with E-state index in [0.29, 0.717) is 84.8 Å². The molecule has 0 saturated heterocycles. The van der Waals surface area contributed by atoms with Crippen LogP contribution in [0.2, 0.25) is 0 Å². The number of nitrogens with one attached hydrogen (secondary N) is 7. The molecule has 4 amide bonds. The van der Waals surface area contributed by atoms with E-state index in [4.69, 9.17) is 24.4 Å². The molecule has 0 bridgehead atoms. The lowest BCUT2D eigenvalue weighted by Crippen LogP contribution is -2.56. The van der Waals surface area contributed by atoms with Gasteiger partial charge in [0.2, 0.25) is 23.7 Å². The number of fused-ring (bicyclic) bond motifs is 3. The number of hydrogen-bond donors (Lipinski definition) is 7. The molecule has 0 radical (unpaired) electrons. The van der Waals surface area contributed by atoms with Crippen LogP contribution in [0.5, 0.6) is 17.2 Å². The summed E-state index contributed by atoms with van der Waals surface area (Å²) in [4.78, 5) is 70.5. The first kappa shape index (κ1) is 70.6. The van der Waals surface area contributed by atoms with Gasteiger partial charge in [-0.15, -0.1) is 6.58 Å². The highest BCUT2D eigenvalue weighted by atomic mass is 32.2. The van der Waals surface area contributed by atoms with Gasteiger partial charge in [0, 0.05) is 30.6 Å². The molecule has 19 heteroatoms. The summed E-state index contributed by atoms with van der Waals surface area (Å²) >= 11 is 0. The minimum atomic E-state index is -4.28. The molecule has 0 unspecified atom stereocenters. The summed E-state index contributed by atoms with van der Waals surface area (Å²) in [5.74, 6) is -1.76. The van der Waals surface area contributed by atoms with Crippen LogP contribution in [-0.2, 0) is 58.2 Å². The standard InChI is InChI=1S/C75H91N7O11S/c1-10-25-61(72(87)92-47-53-28-15-12-16-29-53)81-71(86)60(36-23-44-78-73(76)82-94(88,89)69-50(3)49(2)68-56(51(69)4)41-42-75(8,9)93-68)80-70(85)59(35-21-22-43-77-64(83)46-74(5,6)7)79-65(84)48-91-63-40-38-55-32-18-20-34-58(55)67(63)66-57-33-19-17-31-54(57)37-39-62(66)90-45-24-30-52-26-13-11-14-27-52/h10-20,26-29,31-34,37-40,59-61H,1,21-25,30,35-36,41-48H2,2-9H3,(H,77,83)(H,79,84)(H,80,85)(H,81,86)(H3,76,78,82)/t59-,60-,61+/m1/s1. The number of hydrogen-bond acceptors (Lipinski definition) is 12. The van der Waals surface area contributed by atoms with Crippen molar-refractivity contribution in [2.75, 3.05) is 26.3 Å². The van der Waals surface area contributed by atoms with Gasteiger partial charge in [-0.2, -0.15) is 0 Å². The Morgan fingerprint density at radius 2 is 1.21 bits per heavy atom. The van der Waals surface area contributed by atoms with Crippen molar-refractivity contribution in [1.29, 1.82) is 5.41 Å². The number of ether oxygens (including phenoxy) is 4. The van der Waals surface area contributed by atoms with E-state index >= 15 is 0 Å². The molecule has 8 rings (SSSR count). The number of carbonyl (C=O) groups is 5. The van der Waals surface area contributed by atoms with Gasteiger partial charge in [0.25, 0.3) is 15.9 Å². The first-order valence-corrected chi connectivity index (χ1v) is 33.9. The van der Waals surface area contributed by atoms with Crippen molar-refractivity contribution in [2.24, 2.45) is 5.41 Å². The number of esters is 1. The van der Waals surface area contributed by atoms with Gasteiger partial charge in [0.15, 0.2) is 6.61 Å². The van der Waals surface area contributed by atoms with Gasteiger partial charge in [-0.3, -0.25) is 24.6 Å².